The summed E-state index contributed by atoms with van der Waals surface area (Å²) in [4.78, 5) is 24.7. The maximum atomic E-state index is 12.4. The molecule has 5 heteroatoms. The first-order valence-electron chi connectivity index (χ1n) is 38.2. The van der Waals surface area contributed by atoms with Crippen molar-refractivity contribution >= 4 is 11.9 Å². The molecule has 0 radical (unpaired) electrons. The summed E-state index contributed by atoms with van der Waals surface area (Å²) in [5.74, 6) is -0.560. The van der Waals surface area contributed by atoms with Gasteiger partial charge in [0.15, 0.2) is 6.10 Å². The van der Waals surface area contributed by atoms with Crippen LogP contribution in [0.25, 0.3) is 0 Å². The number of carbonyl (C=O) groups excluding carboxylic acids is 2. The van der Waals surface area contributed by atoms with Crippen LogP contribution in [0.3, 0.4) is 0 Å². The van der Waals surface area contributed by atoms with Gasteiger partial charge in [-0.05, 0) is 38.5 Å². The van der Waals surface area contributed by atoms with Gasteiger partial charge in [-0.1, -0.05) is 411 Å². The fraction of sp³-hybridized carbons (Fsp3) is 0.948. The minimum atomic E-state index is -0.768. The summed E-state index contributed by atoms with van der Waals surface area (Å²) in [6.07, 6.45) is 95.8. The predicted molar refractivity (Wildman–Crippen MR) is 362 cm³/mol. The standard InChI is InChI=1S/C77H150O5/c1-3-5-7-9-11-13-15-17-19-21-23-25-27-29-31-33-34-35-36-37-38-39-40-41-42-44-45-47-49-51-53-55-57-59-61-63-65-67-69-71-76(79)81-74-75(73-78)82-77(80)72-70-68-66-64-62-60-58-56-54-52-50-48-46-43-32-30-28-26-24-22-20-18-16-14-12-10-8-6-4-2/h22,24,75,78H,3-21,23,25-74H2,1-2H3/b24-22-. The summed E-state index contributed by atoms with van der Waals surface area (Å²) >= 11 is 0. The molecular formula is C77H150O5. The van der Waals surface area contributed by atoms with Crippen LogP contribution in [-0.4, -0.2) is 36.4 Å². The van der Waals surface area contributed by atoms with Crippen molar-refractivity contribution < 1.29 is 24.2 Å². The molecule has 1 N–H and O–H groups in total. The molecule has 1 atom stereocenters. The first kappa shape index (κ1) is 80.6. The van der Waals surface area contributed by atoms with Gasteiger partial charge in [-0.15, -0.1) is 0 Å². The number of hydrogen-bond acceptors (Lipinski definition) is 5. The Labute approximate surface area is 515 Å². The van der Waals surface area contributed by atoms with Gasteiger partial charge < -0.3 is 14.6 Å². The van der Waals surface area contributed by atoms with Crippen LogP contribution < -0.4 is 0 Å². The van der Waals surface area contributed by atoms with Crippen molar-refractivity contribution in [1.29, 1.82) is 0 Å². The molecule has 0 aliphatic carbocycles. The number of unbranched alkanes of at least 4 members (excludes halogenated alkanes) is 63. The number of carbonyl (C=O) groups is 2. The van der Waals surface area contributed by atoms with Gasteiger partial charge in [0.25, 0.3) is 0 Å². The molecule has 0 amide bonds. The number of allylic oxidation sites excluding steroid dienone is 2. The molecule has 0 aromatic carbocycles. The predicted octanol–water partition coefficient (Wildman–Crippen LogP) is 26.6. The van der Waals surface area contributed by atoms with Crippen LogP contribution in [0.4, 0.5) is 0 Å². The van der Waals surface area contributed by atoms with E-state index in [0.29, 0.717) is 12.8 Å². The van der Waals surface area contributed by atoms with E-state index in [-0.39, 0.29) is 25.2 Å². The lowest BCUT2D eigenvalue weighted by molar-refractivity contribution is -0.161. The normalized spacial score (nSPS) is 12.1. The van der Waals surface area contributed by atoms with Crippen molar-refractivity contribution in [2.24, 2.45) is 0 Å². The fourth-order valence-electron chi connectivity index (χ4n) is 12.3. The molecule has 0 aliphatic heterocycles. The van der Waals surface area contributed by atoms with Crippen molar-refractivity contribution in [2.45, 2.75) is 457 Å². The van der Waals surface area contributed by atoms with Crippen LogP contribution in [-0.2, 0) is 19.1 Å². The molecule has 0 heterocycles. The summed E-state index contributed by atoms with van der Waals surface area (Å²) < 4.78 is 10.8. The van der Waals surface area contributed by atoms with Crippen molar-refractivity contribution in [3.8, 4) is 0 Å². The van der Waals surface area contributed by atoms with Crippen LogP contribution in [0.5, 0.6) is 0 Å². The Balaban J connectivity index is 3.34. The van der Waals surface area contributed by atoms with Crippen molar-refractivity contribution in [3.63, 3.8) is 0 Å². The van der Waals surface area contributed by atoms with Gasteiger partial charge >= 0.3 is 11.9 Å². The average molecular weight is 1160 g/mol. The van der Waals surface area contributed by atoms with Crippen LogP contribution >= 0.6 is 0 Å². The van der Waals surface area contributed by atoms with E-state index in [1.807, 2.05) is 0 Å². The number of rotatable bonds is 73. The fourth-order valence-corrected chi connectivity index (χ4v) is 12.3. The molecule has 0 aliphatic rings. The van der Waals surface area contributed by atoms with Crippen LogP contribution in [0, 0.1) is 0 Å². The molecule has 0 saturated carbocycles. The number of hydrogen-bond donors (Lipinski definition) is 1. The first-order chi connectivity index (χ1) is 40.6. The maximum Gasteiger partial charge on any atom is 0.306 e. The maximum absolute atomic E-state index is 12.4. The van der Waals surface area contributed by atoms with Crippen LogP contribution in [0.2, 0.25) is 0 Å². The smallest absolute Gasteiger partial charge is 0.306 e. The second-order valence-electron chi connectivity index (χ2n) is 26.4. The quantitative estimate of drug-likeness (QED) is 0.0373. The zero-order valence-corrected chi connectivity index (χ0v) is 56.3. The Bertz CT molecular complexity index is 1220. The van der Waals surface area contributed by atoms with E-state index >= 15 is 0 Å². The SMILES string of the molecule is CCCCCCCCCC/C=C\CCCCCCCCCCCCCCCCCCCC(=O)OC(CO)COC(=O)CCCCCCCCCCCCCCCCCCCCCCCCCCCCCCCCCCCCCCCCC. The van der Waals surface area contributed by atoms with E-state index in [0.717, 1.165) is 32.1 Å². The summed E-state index contributed by atoms with van der Waals surface area (Å²) in [7, 11) is 0. The molecule has 0 fully saturated rings. The highest BCUT2D eigenvalue weighted by atomic mass is 16.6. The Hall–Kier alpha value is -1.36. The highest BCUT2D eigenvalue weighted by Crippen LogP contribution is 2.20. The zero-order valence-electron chi connectivity index (χ0n) is 56.3. The van der Waals surface area contributed by atoms with Crippen molar-refractivity contribution in [1.82, 2.24) is 0 Å². The summed E-state index contributed by atoms with van der Waals surface area (Å²) in [5.41, 5.74) is 0. The minimum absolute atomic E-state index is 0.0568. The molecule has 0 bridgehead atoms. The van der Waals surface area contributed by atoms with E-state index in [2.05, 4.69) is 26.0 Å². The van der Waals surface area contributed by atoms with Gasteiger partial charge in [0, 0.05) is 12.8 Å². The van der Waals surface area contributed by atoms with Crippen LogP contribution in [0.15, 0.2) is 12.2 Å². The van der Waals surface area contributed by atoms with Crippen molar-refractivity contribution in [2.75, 3.05) is 13.2 Å². The first-order valence-corrected chi connectivity index (χ1v) is 38.2. The Morgan fingerprint density at radius 3 is 0.659 bits per heavy atom. The van der Waals surface area contributed by atoms with E-state index in [9.17, 15) is 14.7 Å². The molecule has 5 nitrogen and oxygen atoms in total. The molecule has 0 rings (SSSR count). The Morgan fingerprint density at radius 2 is 0.451 bits per heavy atom. The van der Waals surface area contributed by atoms with Gasteiger partial charge in [-0.3, -0.25) is 9.59 Å². The van der Waals surface area contributed by atoms with E-state index < -0.39 is 6.10 Å². The van der Waals surface area contributed by atoms with E-state index in [1.54, 1.807) is 0 Å². The number of esters is 2. The molecule has 0 aromatic heterocycles. The monoisotopic (exact) mass is 1160 g/mol. The van der Waals surface area contributed by atoms with Gasteiger partial charge in [0.05, 0.1) is 6.61 Å². The average Bonchev–Trinajstić information content (AvgIpc) is 3.49. The van der Waals surface area contributed by atoms with E-state index in [4.69, 9.17) is 9.47 Å². The van der Waals surface area contributed by atoms with Gasteiger partial charge in [0.2, 0.25) is 0 Å². The largest absolute Gasteiger partial charge is 0.462 e. The third kappa shape index (κ3) is 71.1. The number of aliphatic hydroxyl groups is 1. The molecule has 82 heavy (non-hydrogen) atoms. The molecule has 0 spiro atoms. The third-order valence-corrected chi connectivity index (χ3v) is 18.1. The second kappa shape index (κ2) is 73.9. The highest BCUT2D eigenvalue weighted by molar-refractivity contribution is 5.70. The topological polar surface area (TPSA) is 72.8 Å². The molecular weight excluding hydrogens is 1000 g/mol. The second-order valence-corrected chi connectivity index (χ2v) is 26.4. The molecule has 488 valence electrons. The van der Waals surface area contributed by atoms with Gasteiger partial charge in [-0.2, -0.15) is 0 Å². The number of ether oxygens (including phenoxy) is 2. The molecule has 1 unspecified atom stereocenters. The Morgan fingerprint density at radius 1 is 0.268 bits per heavy atom. The lowest BCUT2D eigenvalue weighted by Crippen LogP contribution is -2.28. The van der Waals surface area contributed by atoms with E-state index in [1.165, 1.54) is 392 Å². The lowest BCUT2D eigenvalue weighted by atomic mass is 10.0. The minimum Gasteiger partial charge on any atom is -0.462 e. The van der Waals surface area contributed by atoms with Gasteiger partial charge in [0.1, 0.15) is 6.61 Å². The van der Waals surface area contributed by atoms with Crippen LogP contribution in [0.1, 0.15) is 450 Å². The Kier molecular flexibility index (Phi) is 72.7. The molecule has 0 aromatic rings. The zero-order chi connectivity index (χ0) is 59.1. The van der Waals surface area contributed by atoms with Crippen molar-refractivity contribution in [3.05, 3.63) is 12.2 Å². The molecule has 0 saturated heterocycles. The summed E-state index contributed by atoms with van der Waals surface area (Å²) in [6.45, 7) is 4.22. The van der Waals surface area contributed by atoms with Gasteiger partial charge in [-0.25, -0.2) is 0 Å². The number of aliphatic hydroxyl groups excluding tert-OH is 1. The summed E-state index contributed by atoms with van der Waals surface area (Å²) in [5, 5.41) is 9.71. The highest BCUT2D eigenvalue weighted by Gasteiger charge is 2.16. The lowest BCUT2D eigenvalue weighted by Gasteiger charge is -2.15. The third-order valence-electron chi connectivity index (χ3n) is 18.1. The summed E-state index contributed by atoms with van der Waals surface area (Å²) in [6, 6.07) is 0.